The van der Waals surface area contributed by atoms with Crippen LogP contribution in [0, 0.1) is 12.8 Å². The highest BCUT2D eigenvalue weighted by molar-refractivity contribution is 5.92. The van der Waals surface area contributed by atoms with E-state index in [0.29, 0.717) is 12.2 Å². The lowest BCUT2D eigenvalue weighted by Gasteiger charge is -2.11. The van der Waals surface area contributed by atoms with Gasteiger partial charge in [-0.05, 0) is 13.3 Å². The van der Waals surface area contributed by atoms with Gasteiger partial charge in [-0.3, -0.25) is 9.59 Å². The molecule has 0 aliphatic carbocycles. The van der Waals surface area contributed by atoms with Crippen molar-refractivity contribution in [3.05, 3.63) is 17.5 Å². The molecule has 1 aromatic rings. The van der Waals surface area contributed by atoms with Gasteiger partial charge in [-0.15, -0.1) is 0 Å². The molecule has 6 nitrogen and oxygen atoms in total. The van der Waals surface area contributed by atoms with Gasteiger partial charge in [0.2, 0.25) is 0 Å². The second-order valence-corrected chi connectivity index (χ2v) is 3.86. The number of rotatable bonds is 6. The highest BCUT2D eigenvalue weighted by Gasteiger charge is 2.18. The van der Waals surface area contributed by atoms with Crippen molar-refractivity contribution in [1.29, 1.82) is 0 Å². The van der Waals surface area contributed by atoms with Gasteiger partial charge in [0, 0.05) is 12.6 Å². The molecule has 0 fully saturated rings. The van der Waals surface area contributed by atoms with Gasteiger partial charge >= 0.3 is 5.97 Å². The predicted molar refractivity (Wildman–Crippen MR) is 59.6 cm³/mol. The molecule has 6 heteroatoms. The number of amides is 1. The van der Waals surface area contributed by atoms with E-state index in [2.05, 4.69) is 10.5 Å². The maximum atomic E-state index is 11.6. The van der Waals surface area contributed by atoms with Crippen LogP contribution in [0.15, 0.2) is 10.6 Å². The molecule has 0 saturated carbocycles. The van der Waals surface area contributed by atoms with E-state index in [1.54, 1.807) is 6.92 Å². The van der Waals surface area contributed by atoms with Crippen LogP contribution in [0.5, 0.6) is 0 Å². The van der Waals surface area contributed by atoms with Crippen molar-refractivity contribution >= 4 is 11.9 Å². The van der Waals surface area contributed by atoms with E-state index in [9.17, 15) is 9.59 Å². The number of nitrogens with one attached hydrogen (secondary N) is 1. The largest absolute Gasteiger partial charge is 0.481 e. The van der Waals surface area contributed by atoms with Crippen molar-refractivity contribution in [3.8, 4) is 0 Å². The van der Waals surface area contributed by atoms with Crippen molar-refractivity contribution in [3.63, 3.8) is 0 Å². The molecule has 0 radical (unpaired) electrons. The Morgan fingerprint density at radius 1 is 1.59 bits per heavy atom. The molecule has 1 heterocycles. The third-order valence-electron chi connectivity index (χ3n) is 2.36. The van der Waals surface area contributed by atoms with Crippen LogP contribution >= 0.6 is 0 Å². The van der Waals surface area contributed by atoms with Crippen molar-refractivity contribution in [2.24, 2.45) is 5.92 Å². The van der Waals surface area contributed by atoms with Gasteiger partial charge in [-0.1, -0.05) is 18.5 Å². The molecule has 17 heavy (non-hydrogen) atoms. The topological polar surface area (TPSA) is 92.4 Å². The summed E-state index contributed by atoms with van der Waals surface area (Å²) in [6.45, 7) is 3.69. The van der Waals surface area contributed by atoms with Crippen LogP contribution < -0.4 is 5.32 Å². The zero-order valence-electron chi connectivity index (χ0n) is 9.90. The molecule has 0 aromatic carbocycles. The Bertz CT molecular complexity index is 400. The second kappa shape index (κ2) is 6.03. The van der Waals surface area contributed by atoms with Gasteiger partial charge in [-0.25, -0.2) is 0 Å². The highest BCUT2D eigenvalue weighted by atomic mass is 16.5. The Labute approximate surface area is 99.0 Å². The molecule has 0 saturated heterocycles. The summed E-state index contributed by atoms with van der Waals surface area (Å²) in [4.78, 5) is 22.4. The zero-order chi connectivity index (χ0) is 12.8. The number of aromatic nitrogens is 1. The van der Waals surface area contributed by atoms with E-state index < -0.39 is 17.8 Å². The first kappa shape index (κ1) is 13.2. The number of nitrogens with zero attached hydrogens (tertiary/aromatic N) is 1. The molecular weight excluding hydrogens is 224 g/mol. The Kier molecular flexibility index (Phi) is 4.68. The highest BCUT2D eigenvalue weighted by Crippen LogP contribution is 2.06. The van der Waals surface area contributed by atoms with Gasteiger partial charge < -0.3 is 14.9 Å². The van der Waals surface area contributed by atoms with Crippen LogP contribution in [0.25, 0.3) is 0 Å². The molecule has 1 amide bonds. The summed E-state index contributed by atoms with van der Waals surface area (Å²) in [7, 11) is 0. The maximum absolute atomic E-state index is 11.6. The summed E-state index contributed by atoms with van der Waals surface area (Å²) in [6, 6.07) is 1.50. The summed E-state index contributed by atoms with van der Waals surface area (Å²) in [6.07, 6.45) is 1.30. The quantitative estimate of drug-likeness (QED) is 0.779. The summed E-state index contributed by atoms with van der Waals surface area (Å²) in [5.74, 6) is -1.33. The lowest BCUT2D eigenvalue weighted by molar-refractivity contribution is -0.141. The number of carbonyl (C=O) groups is 2. The van der Waals surface area contributed by atoms with Crippen LogP contribution in [0.1, 0.15) is 36.0 Å². The average Bonchev–Trinajstić information content (AvgIpc) is 2.70. The molecule has 0 aliphatic heterocycles. The number of aryl methyl sites for hydroxylation is 1. The molecule has 1 atom stereocenters. The molecule has 0 spiro atoms. The lowest BCUT2D eigenvalue weighted by Crippen LogP contribution is -2.33. The molecule has 1 rings (SSSR count). The fourth-order valence-corrected chi connectivity index (χ4v) is 1.44. The van der Waals surface area contributed by atoms with E-state index in [0.717, 1.165) is 6.42 Å². The molecule has 94 valence electrons. The van der Waals surface area contributed by atoms with Gasteiger partial charge in [0.25, 0.3) is 5.91 Å². The smallest absolute Gasteiger partial charge is 0.308 e. The lowest BCUT2D eigenvalue weighted by atomic mass is 10.0. The number of carboxylic acid groups (broad SMARTS) is 1. The first-order chi connectivity index (χ1) is 8.04. The van der Waals surface area contributed by atoms with E-state index in [1.165, 1.54) is 6.07 Å². The maximum Gasteiger partial charge on any atom is 0.308 e. The van der Waals surface area contributed by atoms with E-state index >= 15 is 0 Å². The Hall–Kier alpha value is -1.85. The van der Waals surface area contributed by atoms with Crippen molar-refractivity contribution in [1.82, 2.24) is 10.5 Å². The first-order valence-corrected chi connectivity index (χ1v) is 5.49. The number of hydrogen-bond donors (Lipinski definition) is 2. The standard InChI is InChI=1S/C11H16N2O4/c1-3-4-8(11(15)16)6-12-10(14)9-5-7(2)17-13-9/h5,8H,3-4,6H2,1-2H3,(H,12,14)(H,15,16). The summed E-state index contributed by atoms with van der Waals surface area (Å²) in [5, 5.41) is 15.0. The van der Waals surface area contributed by atoms with Crippen LogP contribution in [0.2, 0.25) is 0 Å². The van der Waals surface area contributed by atoms with Gasteiger partial charge in [0.15, 0.2) is 5.69 Å². The number of carbonyl (C=O) groups excluding carboxylic acids is 1. The third kappa shape index (κ3) is 3.90. The van der Waals surface area contributed by atoms with Crippen LogP contribution in [-0.2, 0) is 4.79 Å². The summed E-state index contributed by atoms with van der Waals surface area (Å²) < 4.78 is 4.76. The first-order valence-electron chi connectivity index (χ1n) is 5.49. The Morgan fingerprint density at radius 3 is 2.76 bits per heavy atom. The van der Waals surface area contributed by atoms with Crippen LogP contribution in [-0.4, -0.2) is 28.7 Å². The zero-order valence-corrected chi connectivity index (χ0v) is 9.90. The minimum absolute atomic E-state index is 0.105. The second-order valence-electron chi connectivity index (χ2n) is 3.86. The predicted octanol–water partition coefficient (Wildman–Crippen LogP) is 1.21. The molecule has 0 aliphatic rings. The molecular formula is C11H16N2O4. The summed E-state index contributed by atoms with van der Waals surface area (Å²) >= 11 is 0. The number of hydrogen-bond acceptors (Lipinski definition) is 4. The van der Waals surface area contributed by atoms with Crippen LogP contribution in [0.4, 0.5) is 0 Å². The molecule has 2 N–H and O–H groups in total. The van der Waals surface area contributed by atoms with Gasteiger partial charge in [0.1, 0.15) is 5.76 Å². The van der Waals surface area contributed by atoms with Gasteiger partial charge in [-0.2, -0.15) is 0 Å². The average molecular weight is 240 g/mol. The van der Waals surface area contributed by atoms with Gasteiger partial charge in [0.05, 0.1) is 5.92 Å². The van der Waals surface area contributed by atoms with Crippen LogP contribution in [0.3, 0.4) is 0 Å². The molecule has 1 aromatic heterocycles. The Morgan fingerprint density at radius 2 is 2.29 bits per heavy atom. The fourth-order valence-electron chi connectivity index (χ4n) is 1.44. The Balaban J connectivity index is 2.49. The monoisotopic (exact) mass is 240 g/mol. The molecule has 0 bridgehead atoms. The molecule has 1 unspecified atom stereocenters. The van der Waals surface area contributed by atoms with E-state index in [1.807, 2.05) is 6.92 Å². The van der Waals surface area contributed by atoms with Crippen molar-refractivity contribution < 1.29 is 19.2 Å². The van der Waals surface area contributed by atoms with Crippen molar-refractivity contribution in [2.75, 3.05) is 6.54 Å². The van der Waals surface area contributed by atoms with E-state index in [4.69, 9.17) is 9.63 Å². The minimum Gasteiger partial charge on any atom is -0.481 e. The van der Waals surface area contributed by atoms with E-state index in [-0.39, 0.29) is 12.2 Å². The SMILES string of the molecule is CCCC(CNC(=O)c1cc(C)on1)C(=O)O. The minimum atomic E-state index is -0.900. The fraction of sp³-hybridized carbons (Fsp3) is 0.545. The van der Waals surface area contributed by atoms with Crippen molar-refractivity contribution in [2.45, 2.75) is 26.7 Å². The third-order valence-corrected chi connectivity index (χ3v) is 2.36. The normalized spacial score (nSPS) is 12.1. The summed E-state index contributed by atoms with van der Waals surface area (Å²) in [5.41, 5.74) is 0.170. The number of aliphatic carboxylic acids is 1. The number of carboxylic acids is 1.